The first kappa shape index (κ1) is 17.5. The van der Waals surface area contributed by atoms with Crippen molar-refractivity contribution in [2.24, 2.45) is 5.92 Å². The molecule has 1 aromatic rings. The fourth-order valence-corrected chi connectivity index (χ4v) is 1.66. The van der Waals surface area contributed by atoms with E-state index >= 15 is 0 Å². The maximum atomic E-state index is 12.8. The second kappa shape index (κ2) is 7.47. The summed E-state index contributed by atoms with van der Waals surface area (Å²) in [5, 5.41) is 0. The zero-order valence-corrected chi connectivity index (χ0v) is 14.3. The molecular formula is C12H15BF3KO2. The molecule has 0 amide bonds. The first-order chi connectivity index (χ1) is 8.47. The van der Waals surface area contributed by atoms with E-state index in [2.05, 4.69) is 0 Å². The maximum absolute atomic E-state index is 12.8. The third kappa shape index (κ3) is 5.77. The van der Waals surface area contributed by atoms with E-state index in [-0.39, 0.29) is 63.9 Å². The molecule has 19 heavy (non-hydrogen) atoms. The van der Waals surface area contributed by atoms with Crippen LogP contribution in [0.25, 0.3) is 0 Å². The van der Waals surface area contributed by atoms with Crippen LogP contribution in [0.5, 0.6) is 5.75 Å². The minimum absolute atomic E-state index is 0. The molecule has 100 valence electrons. The fourth-order valence-electron chi connectivity index (χ4n) is 1.66. The number of hydrogen-bond acceptors (Lipinski definition) is 2. The summed E-state index contributed by atoms with van der Waals surface area (Å²) in [6.07, 6.45) is 2.28. The molecule has 2 nitrogen and oxygen atoms in total. The van der Waals surface area contributed by atoms with Gasteiger partial charge in [0.2, 0.25) is 0 Å². The van der Waals surface area contributed by atoms with Crippen molar-refractivity contribution in [1.29, 1.82) is 0 Å². The number of rotatable bonds is 6. The van der Waals surface area contributed by atoms with Crippen LogP contribution in [-0.2, 0) is 4.74 Å². The quantitative estimate of drug-likeness (QED) is 0.412. The second-order valence-electron chi connectivity index (χ2n) is 4.69. The Morgan fingerprint density at radius 1 is 1.26 bits per heavy atom. The van der Waals surface area contributed by atoms with E-state index in [1.54, 1.807) is 13.0 Å². The van der Waals surface area contributed by atoms with E-state index in [1.165, 1.54) is 6.07 Å². The molecule has 1 aliphatic rings. The second-order valence-corrected chi connectivity index (χ2v) is 4.69. The van der Waals surface area contributed by atoms with Gasteiger partial charge in [0, 0.05) is 0 Å². The summed E-state index contributed by atoms with van der Waals surface area (Å²) in [6.45, 7) is -2.99. The van der Waals surface area contributed by atoms with Crippen molar-refractivity contribution in [2.75, 3.05) is 13.4 Å². The van der Waals surface area contributed by atoms with Crippen molar-refractivity contribution >= 4 is 12.4 Å². The van der Waals surface area contributed by atoms with Gasteiger partial charge in [-0.3, -0.25) is 0 Å². The zero-order valence-electron chi connectivity index (χ0n) is 11.2. The number of benzene rings is 1. The van der Waals surface area contributed by atoms with Crippen LogP contribution in [0.3, 0.4) is 0 Å². The molecule has 7 heteroatoms. The third-order valence-electron chi connectivity index (χ3n) is 2.87. The molecule has 0 heterocycles. The minimum Gasteiger partial charge on any atom is -0.471 e. The van der Waals surface area contributed by atoms with Gasteiger partial charge >= 0.3 is 58.4 Å². The van der Waals surface area contributed by atoms with Gasteiger partial charge in [0.25, 0.3) is 0 Å². The number of halogens is 3. The van der Waals surface area contributed by atoms with Crippen LogP contribution in [0.1, 0.15) is 18.4 Å². The summed E-state index contributed by atoms with van der Waals surface area (Å²) in [7, 11) is 0. The molecule has 0 saturated heterocycles. The van der Waals surface area contributed by atoms with E-state index in [0.717, 1.165) is 18.9 Å². The average Bonchev–Trinajstić information content (AvgIpc) is 3.08. The molecule has 0 unspecified atom stereocenters. The Morgan fingerprint density at radius 3 is 2.53 bits per heavy atom. The Morgan fingerprint density at radius 2 is 1.95 bits per heavy atom. The first-order valence-electron chi connectivity index (χ1n) is 5.98. The summed E-state index contributed by atoms with van der Waals surface area (Å²) in [4.78, 5) is 0. The Bertz CT molecular complexity index is 422. The van der Waals surface area contributed by atoms with Crippen molar-refractivity contribution < 1.29 is 73.8 Å². The van der Waals surface area contributed by atoms with Gasteiger partial charge in [-0.1, -0.05) is 23.2 Å². The summed E-state index contributed by atoms with van der Waals surface area (Å²) < 4.78 is 48.7. The summed E-state index contributed by atoms with van der Waals surface area (Å²) >= 11 is 0. The standard InChI is InChI=1S/C12H15BF3O2.K/c1-9-2-5-12(11(6-9)13(14,15)16)18-8-17-7-10-3-4-10;/h2,5-6,10H,3-4,7-8H2,1H3;/q-1;+1. The van der Waals surface area contributed by atoms with Crippen LogP contribution >= 0.6 is 0 Å². The molecule has 1 saturated carbocycles. The first-order valence-corrected chi connectivity index (χ1v) is 5.98. The Kier molecular flexibility index (Phi) is 6.89. The molecule has 1 fully saturated rings. The molecule has 0 spiro atoms. The topological polar surface area (TPSA) is 18.5 Å². The molecule has 0 N–H and O–H groups in total. The fraction of sp³-hybridized carbons (Fsp3) is 0.500. The number of aryl methyl sites for hydroxylation is 1. The van der Waals surface area contributed by atoms with Gasteiger partial charge in [-0.2, -0.15) is 0 Å². The van der Waals surface area contributed by atoms with Crippen molar-refractivity contribution in [3.05, 3.63) is 23.8 Å². The van der Waals surface area contributed by atoms with E-state index in [1.807, 2.05) is 0 Å². The van der Waals surface area contributed by atoms with Gasteiger partial charge in [0.1, 0.15) is 0 Å². The average molecular weight is 298 g/mol. The van der Waals surface area contributed by atoms with Gasteiger partial charge in [0.15, 0.2) is 6.79 Å². The largest absolute Gasteiger partial charge is 1.00 e. The molecular weight excluding hydrogens is 283 g/mol. The normalized spacial score (nSPS) is 14.9. The molecule has 0 atom stereocenters. The van der Waals surface area contributed by atoms with E-state index in [4.69, 9.17) is 9.47 Å². The van der Waals surface area contributed by atoms with E-state index in [0.29, 0.717) is 18.1 Å². The number of hydrogen-bond donors (Lipinski definition) is 0. The van der Waals surface area contributed by atoms with E-state index < -0.39 is 12.4 Å². The monoisotopic (exact) mass is 298 g/mol. The molecule has 1 aliphatic carbocycles. The Hall–Kier alpha value is 0.471. The van der Waals surface area contributed by atoms with Crippen molar-refractivity contribution in [1.82, 2.24) is 0 Å². The summed E-state index contributed by atoms with van der Waals surface area (Å²) in [6, 6.07) is 4.05. The van der Waals surface area contributed by atoms with Crippen molar-refractivity contribution in [3.63, 3.8) is 0 Å². The molecule has 1 aromatic carbocycles. The third-order valence-corrected chi connectivity index (χ3v) is 2.87. The Labute approximate surface area is 153 Å². The van der Waals surface area contributed by atoms with Gasteiger partial charge in [-0.05, 0) is 31.7 Å². The van der Waals surface area contributed by atoms with Gasteiger partial charge < -0.3 is 22.4 Å². The van der Waals surface area contributed by atoms with Crippen LogP contribution in [0, 0.1) is 12.8 Å². The van der Waals surface area contributed by atoms with Crippen LogP contribution < -0.4 is 61.6 Å². The van der Waals surface area contributed by atoms with Crippen LogP contribution in [0.4, 0.5) is 12.9 Å². The molecule has 0 radical (unpaired) electrons. The predicted octanol–water partition coefficient (Wildman–Crippen LogP) is -0.184. The van der Waals surface area contributed by atoms with Gasteiger partial charge in [-0.25, -0.2) is 0 Å². The molecule has 0 aromatic heterocycles. The zero-order chi connectivity index (χ0) is 13.2. The molecule has 2 rings (SSSR count). The van der Waals surface area contributed by atoms with Crippen molar-refractivity contribution in [3.8, 4) is 5.75 Å². The summed E-state index contributed by atoms with van der Waals surface area (Å²) in [5.74, 6) is 0.418. The molecule has 0 aliphatic heterocycles. The molecule has 0 bridgehead atoms. The van der Waals surface area contributed by atoms with Crippen LogP contribution in [0.2, 0.25) is 0 Å². The summed E-state index contributed by atoms with van der Waals surface area (Å²) in [5.41, 5.74) is -0.125. The predicted molar refractivity (Wildman–Crippen MR) is 64.1 cm³/mol. The van der Waals surface area contributed by atoms with Gasteiger partial charge in [0.05, 0.1) is 12.4 Å². The van der Waals surface area contributed by atoms with Crippen molar-refractivity contribution in [2.45, 2.75) is 19.8 Å². The van der Waals surface area contributed by atoms with Gasteiger partial charge in [-0.15, -0.1) is 0 Å². The number of ether oxygens (including phenoxy) is 2. The van der Waals surface area contributed by atoms with Crippen LogP contribution in [-0.4, -0.2) is 20.4 Å². The van der Waals surface area contributed by atoms with E-state index in [9.17, 15) is 12.9 Å². The minimum atomic E-state index is -5.06. The SMILES string of the molecule is Cc1ccc(OCOCC2CC2)c([B-](F)(F)F)c1.[K+]. The Balaban J connectivity index is 0.00000180. The van der Waals surface area contributed by atoms with Crippen LogP contribution in [0.15, 0.2) is 18.2 Å². The maximum Gasteiger partial charge on any atom is 1.00 e. The smallest absolute Gasteiger partial charge is 0.471 e.